The number of sulfonamides is 1. The highest BCUT2D eigenvalue weighted by Gasteiger charge is 2.25. The van der Waals surface area contributed by atoms with Crippen molar-refractivity contribution in [2.24, 2.45) is 5.92 Å². The van der Waals surface area contributed by atoms with Gasteiger partial charge in [-0.15, -0.1) is 0 Å². The molecule has 0 saturated carbocycles. The summed E-state index contributed by atoms with van der Waals surface area (Å²) in [5.74, 6) is -0.359. The predicted octanol–water partition coefficient (Wildman–Crippen LogP) is 3.71. The van der Waals surface area contributed by atoms with E-state index in [1.807, 2.05) is 0 Å². The van der Waals surface area contributed by atoms with Gasteiger partial charge in [-0.1, -0.05) is 26.0 Å². The van der Waals surface area contributed by atoms with E-state index in [0.717, 1.165) is 38.0 Å². The zero-order valence-electron chi connectivity index (χ0n) is 18.1. The van der Waals surface area contributed by atoms with Crippen molar-refractivity contribution in [3.8, 4) is 0 Å². The molecule has 2 aromatic rings. The number of amides is 1. The van der Waals surface area contributed by atoms with Crippen molar-refractivity contribution in [3.05, 3.63) is 59.9 Å². The average Bonchev–Trinajstić information content (AvgIpc) is 2.77. The number of piperidine rings is 1. The fourth-order valence-electron chi connectivity index (χ4n) is 3.87. The van der Waals surface area contributed by atoms with Crippen LogP contribution < -0.4 is 5.32 Å². The number of halogens is 1. The van der Waals surface area contributed by atoms with Crippen LogP contribution in [0.25, 0.3) is 0 Å². The molecule has 0 aliphatic carbocycles. The van der Waals surface area contributed by atoms with Crippen molar-refractivity contribution < 1.29 is 17.6 Å². The molecule has 0 unspecified atom stereocenters. The number of anilines is 1. The van der Waals surface area contributed by atoms with Gasteiger partial charge in [0.25, 0.3) is 0 Å². The first-order valence-electron chi connectivity index (χ1n) is 10.7. The lowest BCUT2D eigenvalue weighted by Crippen LogP contribution is -2.37. The van der Waals surface area contributed by atoms with E-state index in [0.29, 0.717) is 18.8 Å². The summed E-state index contributed by atoms with van der Waals surface area (Å²) in [5.41, 5.74) is 1.65. The Kier molecular flexibility index (Phi) is 7.80. The van der Waals surface area contributed by atoms with E-state index in [1.165, 1.54) is 28.6 Å². The Bertz CT molecular complexity index is 966. The molecule has 31 heavy (non-hydrogen) atoms. The monoisotopic (exact) mass is 447 g/mol. The number of carbonyl (C=O) groups is 1. The van der Waals surface area contributed by atoms with Crippen LogP contribution in [0.5, 0.6) is 0 Å². The number of nitrogens with zero attached hydrogens (tertiary/aromatic N) is 2. The number of benzene rings is 2. The molecule has 1 heterocycles. The summed E-state index contributed by atoms with van der Waals surface area (Å²) in [4.78, 5) is 15.1. The van der Waals surface area contributed by atoms with E-state index >= 15 is 0 Å². The van der Waals surface area contributed by atoms with Crippen LogP contribution in [0.15, 0.2) is 53.4 Å². The summed E-state index contributed by atoms with van der Waals surface area (Å²) in [6.45, 7) is 6.79. The average molecular weight is 448 g/mol. The number of hydrogen-bond donors (Lipinski definition) is 1. The quantitative estimate of drug-likeness (QED) is 0.670. The van der Waals surface area contributed by atoms with Crippen molar-refractivity contribution in [1.82, 2.24) is 9.21 Å². The topological polar surface area (TPSA) is 69.7 Å². The maximum absolute atomic E-state index is 13.0. The maximum Gasteiger partial charge on any atom is 0.243 e. The van der Waals surface area contributed by atoms with Gasteiger partial charge in [-0.3, -0.25) is 9.69 Å². The van der Waals surface area contributed by atoms with E-state index in [1.54, 1.807) is 38.1 Å². The van der Waals surface area contributed by atoms with Crippen LogP contribution in [0.2, 0.25) is 0 Å². The molecule has 0 spiro atoms. The van der Waals surface area contributed by atoms with Crippen LogP contribution in [0.3, 0.4) is 0 Å². The van der Waals surface area contributed by atoms with Crippen molar-refractivity contribution in [2.45, 2.75) is 38.1 Å². The van der Waals surface area contributed by atoms with Crippen molar-refractivity contribution in [1.29, 1.82) is 0 Å². The lowest BCUT2D eigenvalue weighted by atomic mass is 9.95. The fraction of sp³-hybridized carbons (Fsp3) is 0.435. The summed E-state index contributed by atoms with van der Waals surface area (Å²) in [5, 5.41) is 2.91. The third-order valence-corrected chi connectivity index (χ3v) is 7.81. The highest BCUT2D eigenvalue weighted by Crippen LogP contribution is 2.23. The summed E-state index contributed by atoms with van der Waals surface area (Å²) in [6, 6.07) is 12.9. The lowest BCUT2D eigenvalue weighted by molar-refractivity contribution is -0.121. The van der Waals surface area contributed by atoms with Crippen LogP contribution in [0.1, 0.15) is 32.3 Å². The first-order valence-corrected chi connectivity index (χ1v) is 12.2. The minimum absolute atomic E-state index is 0.0409. The van der Waals surface area contributed by atoms with Gasteiger partial charge in [-0.25, -0.2) is 12.8 Å². The Balaban J connectivity index is 1.52. The van der Waals surface area contributed by atoms with Crippen molar-refractivity contribution >= 4 is 21.6 Å². The number of nitrogens with one attached hydrogen (secondary N) is 1. The van der Waals surface area contributed by atoms with E-state index in [-0.39, 0.29) is 22.5 Å². The molecular formula is C23H30FN3O3S. The molecule has 3 rings (SSSR count). The fourth-order valence-corrected chi connectivity index (χ4v) is 5.33. The normalized spacial score (nSPS) is 15.9. The van der Waals surface area contributed by atoms with Crippen LogP contribution >= 0.6 is 0 Å². The second-order valence-corrected chi connectivity index (χ2v) is 9.72. The van der Waals surface area contributed by atoms with E-state index in [4.69, 9.17) is 0 Å². The Morgan fingerprint density at radius 3 is 2.16 bits per heavy atom. The molecule has 8 heteroatoms. The minimum atomic E-state index is -3.51. The van der Waals surface area contributed by atoms with Gasteiger partial charge in [0.05, 0.1) is 4.90 Å². The number of carbonyl (C=O) groups excluding carboxylic acids is 1. The van der Waals surface area contributed by atoms with E-state index in [9.17, 15) is 17.6 Å². The maximum atomic E-state index is 13.0. The number of rotatable bonds is 8. The highest BCUT2D eigenvalue weighted by molar-refractivity contribution is 7.89. The Morgan fingerprint density at radius 2 is 1.61 bits per heavy atom. The highest BCUT2D eigenvalue weighted by atomic mass is 32.2. The van der Waals surface area contributed by atoms with E-state index < -0.39 is 10.0 Å². The van der Waals surface area contributed by atoms with Crippen LogP contribution in [-0.2, 0) is 21.4 Å². The molecule has 1 saturated heterocycles. The van der Waals surface area contributed by atoms with Crippen LogP contribution in [0.4, 0.5) is 10.1 Å². The zero-order valence-corrected chi connectivity index (χ0v) is 18.9. The molecule has 1 fully saturated rings. The Labute approximate surface area is 184 Å². The molecule has 1 aliphatic heterocycles. The third-order valence-electron chi connectivity index (χ3n) is 5.74. The molecule has 168 valence electrons. The summed E-state index contributed by atoms with van der Waals surface area (Å²) >= 11 is 0. The molecule has 1 aliphatic rings. The molecule has 1 amide bonds. The lowest BCUT2D eigenvalue weighted by Gasteiger charge is -2.31. The summed E-state index contributed by atoms with van der Waals surface area (Å²) in [6.07, 6.45) is 1.50. The molecule has 0 bridgehead atoms. The molecular weight excluding hydrogens is 417 g/mol. The number of likely N-dealkylation sites (tertiary alicyclic amines) is 1. The van der Waals surface area contributed by atoms with Gasteiger partial charge in [-0.05, 0) is 67.9 Å². The molecule has 0 atom stereocenters. The van der Waals surface area contributed by atoms with Gasteiger partial charge in [0.15, 0.2) is 0 Å². The first-order chi connectivity index (χ1) is 14.8. The Morgan fingerprint density at radius 1 is 1.03 bits per heavy atom. The van der Waals surface area contributed by atoms with Crippen molar-refractivity contribution in [3.63, 3.8) is 0 Å². The second kappa shape index (κ2) is 10.3. The molecule has 1 N–H and O–H groups in total. The predicted molar refractivity (Wildman–Crippen MR) is 120 cm³/mol. The molecule has 0 radical (unpaired) electrons. The minimum Gasteiger partial charge on any atom is -0.326 e. The second-order valence-electron chi connectivity index (χ2n) is 7.78. The first kappa shape index (κ1) is 23.4. The van der Waals surface area contributed by atoms with Gasteiger partial charge in [-0.2, -0.15) is 4.31 Å². The molecule has 0 aromatic heterocycles. The molecule has 6 nitrogen and oxygen atoms in total. The third kappa shape index (κ3) is 5.90. The van der Waals surface area contributed by atoms with Gasteiger partial charge >= 0.3 is 0 Å². The standard InChI is InChI=1S/C23H30FN3O3S/c1-3-27(4-2)31(29,30)22-11-9-21(10-12-22)25-23(28)19-13-15-26(16-14-19)17-18-5-7-20(24)8-6-18/h5-12,19H,3-4,13-17H2,1-2H3,(H,25,28). The van der Waals surface area contributed by atoms with Gasteiger partial charge in [0, 0.05) is 31.2 Å². The number of hydrogen-bond acceptors (Lipinski definition) is 4. The smallest absolute Gasteiger partial charge is 0.243 e. The van der Waals surface area contributed by atoms with Crippen molar-refractivity contribution in [2.75, 3.05) is 31.5 Å². The van der Waals surface area contributed by atoms with Gasteiger partial charge < -0.3 is 5.32 Å². The van der Waals surface area contributed by atoms with Crippen LogP contribution in [-0.4, -0.2) is 49.7 Å². The largest absolute Gasteiger partial charge is 0.326 e. The Hall–Kier alpha value is -2.29. The van der Waals surface area contributed by atoms with E-state index in [2.05, 4.69) is 10.2 Å². The summed E-state index contributed by atoms with van der Waals surface area (Å²) in [7, 11) is -3.51. The zero-order chi connectivity index (χ0) is 22.4. The van der Waals surface area contributed by atoms with Gasteiger partial charge in [0.2, 0.25) is 15.9 Å². The van der Waals surface area contributed by atoms with Gasteiger partial charge in [0.1, 0.15) is 5.82 Å². The van der Waals surface area contributed by atoms with Crippen LogP contribution in [0, 0.1) is 11.7 Å². The molecule has 2 aromatic carbocycles. The summed E-state index contributed by atoms with van der Waals surface area (Å²) < 4.78 is 39.6. The SMILES string of the molecule is CCN(CC)S(=O)(=O)c1ccc(NC(=O)C2CCN(Cc3ccc(F)cc3)CC2)cc1.